The van der Waals surface area contributed by atoms with Crippen LogP contribution in [0.25, 0.3) is 6.08 Å². The molecule has 8 heteroatoms. The summed E-state index contributed by atoms with van der Waals surface area (Å²) in [6.07, 6.45) is 5.58. The van der Waals surface area contributed by atoms with Crippen LogP contribution in [0.15, 0.2) is 115 Å². The van der Waals surface area contributed by atoms with E-state index in [2.05, 4.69) is 112 Å². The Morgan fingerprint density at radius 3 is 2.13 bits per heavy atom. The predicted molar refractivity (Wildman–Crippen MR) is 217 cm³/mol. The largest absolute Gasteiger partial charge is 0.491 e. The van der Waals surface area contributed by atoms with Crippen LogP contribution in [0.4, 0.5) is 5.69 Å². The Kier molecular flexibility index (Phi) is 14.1. The highest BCUT2D eigenvalue weighted by Crippen LogP contribution is 2.56. The molecular formula is C47H52N2O6. The third-order valence-electron chi connectivity index (χ3n) is 10.1. The van der Waals surface area contributed by atoms with Gasteiger partial charge in [-0.05, 0) is 83.3 Å². The lowest BCUT2D eigenvalue weighted by molar-refractivity contribution is -0.146. The van der Waals surface area contributed by atoms with Crippen LogP contribution in [0.3, 0.4) is 0 Å². The first kappa shape index (κ1) is 40.5. The fourth-order valence-corrected chi connectivity index (χ4v) is 7.37. The molecule has 0 amide bonds. The van der Waals surface area contributed by atoms with Crippen molar-refractivity contribution in [1.82, 2.24) is 0 Å². The summed E-state index contributed by atoms with van der Waals surface area (Å²) in [5.74, 6) is -0.576. The van der Waals surface area contributed by atoms with Crippen LogP contribution in [0.5, 0.6) is 5.75 Å². The highest BCUT2D eigenvalue weighted by atomic mass is 16.6. The molecule has 1 unspecified atom stereocenters. The normalized spacial score (nSPS) is 15.7. The van der Waals surface area contributed by atoms with Crippen molar-refractivity contribution in [3.8, 4) is 11.8 Å². The second-order valence-corrected chi connectivity index (χ2v) is 14.5. The third-order valence-corrected chi connectivity index (χ3v) is 10.1. The van der Waals surface area contributed by atoms with E-state index in [-0.39, 0.29) is 29.6 Å². The standard InChI is InChI=1S/C47H52N2O6/c1-6-8-25-49(40-21-15-36(16-22-40)32-37(33-48)45(51)55-31-30-54-44(50)7-2)26-27-52-28-29-53-41-23-19-39(20-24-41)47(38-17-13-35(3)14-18-38)34-46(4,5)42-11-9-10-12-43(42)47/h7,9-24,32H,2,6,8,25-31,34H2,1,3-5H3/b37-32+. The zero-order valence-electron chi connectivity index (χ0n) is 32.5. The summed E-state index contributed by atoms with van der Waals surface area (Å²) in [4.78, 5) is 25.8. The van der Waals surface area contributed by atoms with Gasteiger partial charge in [0, 0.05) is 30.3 Å². The second kappa shape index (κ2) is 19.1. The topological polar surface area (TPSA) is 98.1 Å². The summed E-state index contributed by atoms with van der Waals surface area (Å²) in [5.41, 5.74) is 7.97. The van der Waals surface area contributed by atoms with Crippen molar-refractivity contribution in [3.05, 3.63) is 149 Å². The fourth-order valence-electron chi connectivity index (χ4n) is 7.37. The second-order valence-electron chi connectivity index (χ2n) is 14.5. The molecule has 8 nitrogen and oxygen atoms in total. The van der Waals surface area contributed by atoms with Gasteiger partial charge in [0.15, 0.2) is 0 Å². The highest BCUT2D eigenvalue weighted by molar-refractivity contribution is 5.98. The van der Waals surface area contributed by atoms with E-state index in [9.17, 15) is 14.9 Å². The first-order valence-corrected chi connectivity index (χ1v) is 19.0. The number of esters is 2. The maximum Gasteiger partial charge on any atom is 0.349 e. The van der Waals surface area contributed by atoms with Gasteiger partial charge in [-0.3, -0.25) is 0 Å². The Balaban J connectivity index is 1.14. The Morgan fingerprint density at radius 1 is 0.818 bits per heavy atom. The fraction of sp³-hybridized carbons (Fsp3) is 0.340. The summed E-state index contributed by atoms with van der Waals surface area (Å²) in [6, 6.07) is 36.0. The number of hydrogen-bond acceptors (Lipinski definition) is 8. The van der Waals surface area contributed by atoms with Crippen LogP contribution >= 0.6 is 0 Å². The molecule has 0 N–H and O–H groups in total. The van der Waals surface area contributed by atoms with E-state index in [0.29, 0.717) is 31.9 Å². The Bertz CT molecular complexity index is 1980. The van der Waals surface area contributed by atoms with Crippen LogP contribution in [-0.4, -0.2) is 58.1 Å². The van der Waals surface area contributed by atoms with Crippen LogP contribution < -0.4 is 9.64 Å². The minimum Gasteiger partial charge on any atom is -0.491 e. The summed E-state index contributed by atoms with van der Waals surface area (Å²) >= 11 is 0. The molecule has 1 aliphatic rings. The smallest absolute Gasteiger partial charge is 0.349 e. The van der Waals surface area contributed by atoms with E-state index in [1.165, 1.54) is 33.9 Å². The van der Waals surface area contributed by atoms with Gasteiger partial charge in [-0.15, -0.1) is 0 Å². The Morgan fingerprint density at radius 2 is 1.47 bits per heavy atom. The number of nitriles is 1. The number of hydrogen-bond donors (Lipinski definition) is 0. The van der Waals surface area contributed by atoms with Crippen molar-refractivity contribution in [3.63, 3.8) is 0 Å². The number of rotatable bonds is 19. The maximum atomic E-state index is 12.3. The molecule has 4 aromatic carbocycles. The number of fused-ring (bicyclic) bond motifs is 1. The SMILES string of the molecule is C=CC(=O)OCCOC(=O)/C(C#N)=C/c1ccc(N(CCCC)CCOCCOc2ccc(C3(c4ccc(C)cc4)CC(C)(C)c4ccccc43)cc2)cc1. The number of nitrogens with zero attached hydrogens (tertiary/aromatic N) is 2. The zero-order chi connectivity index (χ0) is 39.3. The zero-order valence-corrected chi connectivity index (χ0v) is 32.5. The minimum absolute atomic E-state index is 0.0355. The van der Waals surface area contributed by atoms with E-state index in [1.807, 2.05) is 30.3 Å². The van der Waals surface area contributed by atoms with Gasteiger partial charge in [0.25, 0.3) is 0 Å². The van der Waals surface area contributed by atoms with Gasteiger partial charge in [-0.1, -0.05) is 112 Å². The lowest BCUT2D eigenvalue weighted by Crippen LogP contribution is -2.29. The van der Waals surface area contributed by atoms with E-state index >= 15 is 0 Å². The Labute approximate surface area is 326 Å². The molecule has 5 rings (SSSR count). The molecule has 0 saturated carbocycles. The monoisotopic (exact) mass is 740 g/mol. The first-order valence-electron chi connectivity index (χ1n) is 19.0. The van der Waals surface area contributed by atoms with Crippen LogP contribution in [0.1, 0.15) is 73.4 Å². The van der Waals surface area contributed by atoms with Gasteiger partial charge in [0.05, 0.1) is 13.2 Å². The summed E-state index contributed by atoms with van der Waals surface area (Å²) in [5, 5.41) is 9.51. The molecular weight excluding hydrogens is 689 g/mol. The molecule has 0 heterocycles. The van der Waals surface area contributed by atoms with Gasteiger partial charge in [0.1, 0.15) is 37.2 Å². The van der Waals surface area contributed by atoms with Crippen molar-refractivity contribution < 1.29 is 28.5 Å². The number of aryl methyl sites for hydroxylation is 1. The summed E-state index contributed by atoms with van der Waals surface area (Å²) in [6.45, 7) is 15.0. The van der Waals surface area contributed by atoms with E-state index in [1.54, 1.807) is 0 Å². The minimum atomic E-state index is -0.783. The van der Waals surface area contributed by atoms with Gasteiger partial charge in [-0.2, -0.15) is 5.26 Å². The van der Waals surface area contributed by atoms with Crippen molar-refractivity contribution in [1.29, 1.82) is 5.26 Å². The van der Waals surface area contributed by atoms with Gasteiger partial charge < -0.3 is 23.8 Å². The van der Waals surface area contributed by atoms with E-state index in [0.717, 1.165) is 43.3 Å². The van der Waals surface area contributed by atoms with Crippen molar-refractivity contribution in [2.75, 3.05) is 51.0 Å². The molecule has 55 heavy (non-hydrogen) atoms. The maximum absolute atomic E-state index is 12.3. The molecule has 4 aromatic rings. The van der Waals surface area contributed by atoms with Crippen molar-refractivity contribution >= 4 is 23.7 Å². The molecule has 0 bridgehead atoms. The molecule has 0 aliphatic heterocycles. The molecule has 1 atom stereocenters. The van der Waals surface area contributed by atoms with Crippen LogP contribution in [0, 0.1) is 18.3 Å². The first-order chi connectivity index (χ1) is 26.6. The lowest BCUT2D eigenvalue weighted by Gasteiger charge is -2.34. The lowest BCUT2D eigenvalue weighted by atomic mass is 9.68. The average Bonchev–Trinajstić information content (AvgIpc) is 3.45. The average molecular weight is 741 g/mol. The summed E-state index contributed by atoms with van der Waals surface area (Å²) in [7, 11) is 0. The number of carbonyl (C=O) groups is 2. The number of carbonyl (C=O) groups excluding carboxylic acids is 2. The third kappa shape index (κ3) is 10.1. The quantitative estimate of drug-likeness (QED) is 0.0407. The predicted octanol–water partition coefficient (Wildman–Crippen LogP) is 8.89. The Hall–Kier alpha value is -5.65. The molecule has 0 fully saturated rings. The van der Waals surface area contributed by atoms with Gasteiger partial charge in [0.2, 0.25) is 0 Å². The van der Waals surface area contributed by atoms with Gasteiger partial charge in [-0.25, -0.2) is 9.59 Å². The van der Waals surface area contributed by atoms with Crippen LogP contribution in [-0.2, 0) is 34.6 Å². The molecule has 286 valence electrons. The highest BCUT2D eigenvalue weighted by Gasteiger charge is 2.49. The van der Waals surface area contributed by atoms with E-state index in [4.69, 9.17) is 18.9 Å². The molecule has 1 aliphatic carbocycles. The van der Waals surface area contributed by atoms with Crippen LogP contribution in [0.2, 0.25) is 0 Å². The number of ether oxygens (including phenoxy) is 4. The number of anilines is 1. The molecule has 0 spiro atoms. The van der Waals surface area contributed by atoms with Gasteiger partial charge >= 0.3 is 11.9 Å². The molecule has 0 saturated heterocycles. The number of benzene rings is 4. The van der Waals surface area contributed by atoms with Crippen molar-refractivity contribution in [2.24, 2.45) is 0 Å². The molecule has 0 aromatic heterocycles. The molecule has 0 radical (unpaired) electrons. The summed E-state index contributed by atoms with van der Waals surface area (Å²) < 4.78 is 22.0. The number of unbranched alkanes of at least 4 members (excludes halogenated alkanes) is 1. The van der Waals surface area contributed by atoms with E-state index < -0.39 is 11.9 Å². The van der Waals surface area contributed by atoms with Crippen molar-refractivity contribution in [2.45, 2.75) is 57.8 Å².